The molecule has 3 fully saturated rings. The van der Waals surface area contributed by atoms with Crippen LogP contribution in [-0.4, -0.2) is 85.8 Å². The van der Waals surface area contributed by atoms with Gasteiger partial charge in [-0.15, -0.1) is 0 Å². The van der Waals surface area contributed by atoms with Crippen LogP contribution in [0.25, 0.3) is 0 Å². The average Bonchev–Trinajstić information content (AvgIpc) is 2.65. The van der Waals surface area contributed by atoms with Crippen LogP contribution in [0.2, 0.25) is 0 Å². The smallest absolute Gasteiger partial charge is 0.186 e. The zero-order valence-electron chi connectivity index (χ0n) is 17.8. The summed E-state index contributed by atoms with van der Waals surface area (Å²) in [6, 6.07) is 0. The molecule has 0 radical (unpaired) electrons. The Morgan fingerprint density at radius 1 is 1.00 bits per heavy atom. The molecule has 0 unspecified atom stereocenters. The molecule has 6 N–H and O–H groups in total. The third-order valence-electron chi connectivity index (χ3n) is 7.83. The third kappa shape index (κ3) is 3.99. The van der Waals surface area contributed by atoms with Crippen LogP contribution in [0.5, 0.6) is 0 Å². The number of ether oxygens (including phenoxy) is 2. The maximum Gasteiger partial charge on any atom is 0.186 e. The standard InChI is InChI=1S/C21H38O8/c1-10(2)11-5-7-20(3)13(23)6-8-21(4,27)18(20)17(11)29-19-16(26)15(25)14(24)12(9-22)28-19/h10-19,22-27H,5-9H2,1-4H3/t11-,12-,13+,14-,15+,16-,17+,18-,19+,20+,21-/m1/s1. The van der Waals surface area contributed by atoms with Crippen LogP contribution in [0.3, 0.4) is 0 Å². The van der Waals surface area contributed by atoms with Crippen molar-refractivity contribution in [1.29, 1.82) is 0 Å². The number of aliphatic hydroxyl groups excluding tert-OH is 5. The lowest BCUT2D eigenvalue weighted by Gasteiger charge is -2.60. The van der Waals surface area contributed by atoms with Crippen molar-refractivity contribution in [2.75, 3.05) is 6.61 Å². The first-order chi connectivity index (χ1) is 13.4. The Kier molecular flexibility index (Phi) is 6.69. The Morgan fingerprint density at radius 3 is 2.24 bits per heavy atom. The zero-order chi connectivity index (χ0) is 21.7. The van der Waals surface area contributed by atoms with E-state index in [2.05, 4.69) is 13.8 Å². The maximum absolute atomic E-state index is 11.3. The van der Waals surface area contributed by atoms with Crippen LogP contribution in [-0.2, 0) is 9.47 Å². The normalized spacial score (nSPS) is 53.7. The van der Waals surface area contributed by atoms with Gasteiger partial charge in [0.25, 0.3) is 0 Å². The fraction of sp³-hybridized carbons (Fsp3) is 1.00. The van der Waals surface area contributed by atoms with E-state index in [1.54, 1.807) is 6.92 Å². The summed E-state index contributed by atoms with van der Waals surface area (Å²) < 4.78 is 11.9. The minimum Gasteiger partial charge on any atom is -0.394 e. The van der Waals surface area contributed by atoms with Crippen molar-refractivity contribution in [3.8, 4) is 0 Å². The molecular weight excluding hydrogens is 380 g/mol. The highest BCUT2D eigenvalue weighted by molar-refractivity contribution is 5.09. The SMILES string of the molecule is CC(C)[C@H]1CC[C@]2(C)[C@@H]([C@H]1O[C@@H]1O[C@H](CO)[C@@H](O)[C@H](O)[C@H]1O)[C@](C)(O)CC[C@@H]2O. The molecule has 1 aliphatic heterocycles. The first kappa shape index (κ1) is 23.3. The van der Waals surface area contributed by atoms with Crippen molar-refractivity contribution < 1.29 is 40.1 Å². The van der Waals surface area contributed by atoms with E-state index in [-0.39, 0.29) is 11.8 Å². The van der Waals surface area contributed by atoms with Crippen molar-refractivity contribution in [1.82, 2.24) is 0 Å². The van der Waals surface area contributed by atoms with Gasteiger partial charge in [0.1, 0.15) is 24.4 Å². The number of fused-ring (bicyclic) bond motifs is 1. The van der Waals surface area contributed by atoms with Gasteiger partial charge in [0.2, 0.25) is 0 Å². The number of hydrogen-bond acceptors (Lipinski definition) is 8. The highest BCUT2D eigenvalue weighted by Gasteiger charge is 2.61. The molecule has 0 aromatic carbocycles. The molecule has 1 saturated heterocycles. The molecule has 0 amide bonds. The van der Waals surface area contributed by atoms with Crippen LogP contribution in [0, 0.1) is 23.2 Å². The largest absolute Gasteiger partial charge is 0.394 e. The number of aliphatic hydroxyl groups is 6. The highest BCUT2D eigenvalue weighted by atomic mass is 16.7. The lowest BCUT2D eigenvalue weighted by atomic mass is 9.50. The van der Waals surface area contributed by atoms with Crippen molar-refractivity contribution in [3.05, 3.63) is 0 Å². The van der Waals surface area contributed by atoms with Gasteiger partial charge in [-0.05, 0) is 44.4 Å². The average molecular weight is 419 g/mol. The molecule has 2 aliphatic carbocycles. The van der Waals surface area contributed by atoms with E-state index in [1.807, 2.05) is 6.92 Å². The second-order valence-electron chi connectivity index (χ2n) is 10.1. The van der Waals surface area contributed by atoms with Crippen molar-refractivity contribution in [2.24, 2.45) is 23.2 Å². The van der Waals surface area contributed by atoms with Gasteiger partial charge in [-0.2, -0.15) is 0 Å². The molecule has 0 aromatic heterocycles. The van der Waals surface area contributed by atoms with Crippen LogP contribution in [0.15, 0.2) is 0 Å². The van der Waals surface area contributed by atoms with Crippen molar-refractivity contribution >= 4 is 0 Å². The van der Waals surface area contributed by atoms with Crippen molar-refractivity contribution in [2.45, 2.75) is 102 Å². The summed E-state index contributed by atoms with van der Waals surface area (Å²) in [7, 11) is 0. The summed E-state index contributed by atoms with van der Waals surface area (Å²) in [6.07, 6.45) is -5.37. The van der Waals surface area contributed by atoms with Gasteiger partial charge in [-0.25, -0.2) is 0 Å². The molecule has 8 nitrogen and oxygen atoms in total. The molecule has 0 bridgehead atoms. The van der Waals surface area contributed by atoms with Gasteiger partial charge in [-0.3, -0.25) is 0 Å². The maximum atomic E-state index is 11.3. The quantitative estimate of drug-likeness (QED) is 0.368. The minimum absolute atomic E-state index is 0.0530. The molecule has 11 atom stereocenters. The topological polar surface area (TPSA) is 140 Å². The summed E-state index contributed by atoms with van der Waals surface area (Å²) in [4.78, 5) is 0. The van der Waals surface area contributed by atoms with Crippen LogP contribution in [0.4, 0.5) is 0 Å². The second-order valence-corrected chi connectivity index (χ2v) is 10.1. The molecule has 8 heteroatoms. The van der Waals surface area contributed by atoms with Crippen LogP contribution < -0.4 is 0 Å². The summed E-state index contributed by atoms with van der Waals surface area (Å²) in [6.45, 7) is 7.38. The molecule has 3 aliphatic rings. The van der Waals surface area contributed by atoms with Gasteiger partial charge in [-0.1, -0.05) is 20.8 Å². The van der Waals surface area contributed by atoms with E-state index < -0.39 is 66.5 Å². The molecule has 0 aromatic rings. The number of hydrogen-bond donors (Lipinski definition) is 6. The van der Waals surface area contributed by atoms with E-state index in [1.165, 1.54) is 0 Å². The Balaban J connectivity index is 1.94. The first-order valence-electron chi connectivity index (χ1n) is 10.8. The molecule has 0 spiro atoms. The van der Waals surface area contributed by atoms with E-state index in [0.29, 0.717) is 12.8 Å². The highest BCUT2D eigenvalue weighted by Crippen LogP contribution is 2.57. The fourth-order valence-electron chi connectivity index (χ4n) is 6.00. The fourth-order valence-corrected chi connectivity index (χ4v) is 6.00. The Morgan fingerprint density at radius 2 is 1.66 bits per heavy atom. The summed E-state index contributed by atoms with van der Waals surface area (Å²) >= 11 is 0. The van der Waals surface area contributed by atoms with E-state index in [9.17, 15) is 30.6 Å². The zero-order valence-corrected chi connectivity index (χ0v) is 17.8. The van der Waals surface area contributed by atoms with E-state index >= 15 is 0 Å². The summed E-state index contributed by atoms with van der Waals surface area (Å²) in [5.41, 5.74) is -1.62. The second kappa shape index (κ2) is 8.31. The molecule has 3 rings (SSSR count). The van der Waals surface area contributed by atoms with Gasteiger partial charge in [0, 0.05) is 11.3 Å². The molecule has 170 valence electrons. The Hall–Kier alpha value is -0.320. The molecule has 2 saturated carbocycles. The summed E-state index contributed by atoms with van der Waals surface area (Å²) in [5, 5.41) is 62.2. The molecule has 29 heavy (non-hydrogen) atoms. The first-order valence-corrected chi connectivity index (χ1v) is 10.8. The van der Waals surface area contributed by atoms with Gasteiger partial charge >= 0.3 is 0 Å². The minimum atomic E-state index is -1.52. The molecular formula is C21H38O8. The van der Waals surface area contributed by atoms with E-state index in [4.69, 9.17) is 9.47 Å². The Bertz CT molecular complexity index is 567. The van der Waals surface area contributed by atoms with Gasteiger partial charge in [0.15, 0.2) is 6.29 Å². The summed E-state index contributed by atoms with van der Waals surface area (Å²) in [5.74, 6) is -0.117. The monoisotopic (exact) mass is 418 g/mol. The predicted octanol–water partition coefficient (Wildman–Crippen LogP) is -0.234. The van der Waals surface area contributed by atoms with Gasteiger partial charge < -0.3 is 40.1 Å². The van der Waals surface area contributed by atoms with Gasteiger partial charge in [0.05, 0.1) is 24.4 Å². The lowest BCUT2D eigenvalue weighted by molar-refractivity contribution is -0.338. The predicted molar refractivity (Wildman–Crippen MR) is 104 cm³/mol. The third-order valence-corrected chi connectivity index (χ3v) is 7.83. The van der Waals surface area contributed by atoms with Crippen LogP contribution >= 0.6 is 0 Å². The van der Waals surface area contributed by atoms with E-state index in [0.717, 1.165) is 12.8 Å². The molecule has 1 heterocycles. The Labute approximate surface area is 172 Å². The van der Waals surface area contributed by atoms with Crippen molar-refractivity contribution in [3.63, 3.8) is 0 Å². The van der Waals surface area contributed by atoms with Crippen LogP contribution in [0.1, 0.15) is 53.4 Å². The lowest BCUT2D eigenvalue weighted by Crippen LogP contribution is -2.66. The number of rotatable bonds is 4.